The largest absolute Gasteiger partial charge is 0.512 e. The molecule has 8 atom stereocenters. The van der Waals surface area contributed by atoms with E-state index in [0.29, 0.717) is 17.1 Å². The van der Waals surface area contributed by atoms with Gasteiger partial charge in [-0.1, -0.05) is 46.6 Å². The first-order valence-electron chi connectivity index (χ1n) is 12.5. The molecule has 0 amide bonds. The summed E-state index contributed by atoms with van der Waals surface area (Å²) in [5.74, 6) is 3.58. The van der Waals surface area contributed by atoms with Gasteiger partial charge in [-0.15, -0.1) is 0 Å². The molecular formula is C27H42O3. The summed E-state index contributed by atoms with van der Waals surface area (Å²) in [6.07, 6.45) is 16.1. The lowest BCUT2D eigenvalue weighted by atomic mass is 9.47. The summed E-state index contributed by atoms with van der Waals surface area (Å²) < 4.78 is 0. The summed E-state index contributed by atoms with van der Waals surface area (Å²) in [5, 5.41) is 19.2. The van der Waals surface area contributed by atoms with Crippen LogP contribution in [0, 0.1) is 46.3 Å². The van der Waals surface area contributed by atoms with Gasteiger partial charge in [-0.3, -0.25) is 4.79 Å². The van der Waals surface area contributed by atoms with Gasteiger partial charge in [0.2, 0.25) is 0 Å². The van der Waals surface area contributed by atoms with Gasteiger partial charge in [0.1, 0.15) is 0 Å². The van der Waals surface area contributed by atoms with Crippen molar-refractivity contribution in [2.24, 2.45) is 46.3 Å². The van der Waals surface area contributed by atoms with Crippen molar-refractivity contribution in [2.75, 3.05) is 0 Å². The van der Waals surface area contributed by atoms with Crippen LogP contribution in [-0.2, 0) is 4.79 Å². The van der Waals surface area contributed by atoms with Gasteiger partial charge in [-0.05, 0) is 97.0 Å². The molecule has 2 saturated carbocycles. The Morgan fingerprint density at radius 3 is 2.63 bits per heavy atom. The predicted molar refractivity (Wildman–Crippen MR) is 121 cm³/mol. The van der Waals surface area contributed by atoms with Crippen molar-refractivity contribution in [3.05, 3.63) is 23.5 Å². The van der Waals surface area contributed by atoms with Crippen LogP contribution in [0.5, 0.6) is 0 Å². The van der Waals surface area contributed by atoms with Crippen LogP contribution in [0.3, 0.4) is 0 Å². The van der Waals surface area contributed by atoms with Gasteiger partial charge in [0.05, 0.1) is 11.7 Å². The third-order valence-electron chi connectivity index (χ3n) is 10.2. The van der Waals surface area contributed by atoms with Gasteiger partial charge < -0.3 is 10.2 Å². The van der Waals surface area contributed by atoms with Crippen molar-refractivity contribution in [3.8, 4) is 0 Å². The first-order chi connectivity index (χ1) is 14.2. The summed E-state index contributed by atoms with van der Waals surface area (Å²) in [5.41, 5.74) is 2.12. The molecule has 0 radical (unpaired) electrons. The maximum Gasteiger partial charge on any atom is 0.306 e. The van der Waals surface area contributed by atoms with Crippen molar-refractivity contribution < 1.29 is 15.0 Å². The zero-order chi connectivity index (χ0) is 21.7. The number of fused-ring (bicyclic) bond motifs is 5. The molecule has 0 aromatic rings. The second-order valence-corrected chi connectivity index (χ2v) is 11.7. The van der Waals surface area contributed by atoms with Crippen LogP contribution in [-0.4, -0.2) is 16.2 Å². The average Bonchev–Trinajstić information content (AvgIpc) is 3.05. The molecule has 0 aromatic carbocycles. The number of carboxylic acids is 1. The molecule has 0 aliphatic heterocycles. The second kappa shape index (κ2) is 8.02. The second-order valence-electron chi connectivity index (χ2n) is 11.7. The third kappa shape index (κ3) is 3.54. The SMILES string of the molecule is C[C@H](CCC[C@H](C)C(=O)O)[C@H]1CC[C@H]2[C@@H]3CC=C4C=C(O)CC[C@]4(C)[C@H]3CC[C@]12C. The summed E-state index contributed by atoms with van der Waals surface area (Å²) in [4.78, 5) is 11.1. The zero-order valence-corrected chi connectivity index (χ0v) is 19.5. The maximum absolute atomic E-state index is 11.1. The van der Waals surface area contributed by atoms with Crippen LogP contribution in [0.2, 0.25) is 0 Å². The van der Waals surface area contributed by atoms with E-state index < -0.39 is 5.97 Å². The van der Waals surface area contributed by atoms with E-state index in [0.717, 1.165) is 49.4 Å². The van der Waals surface area contributed by atoms with Crippen LogP contribution < -0.4 is 0 Å². The number of hydrogen-bond donors (Lipinski definition) is 2. The highest BCUT2D eigenvalue weighted by Crippen LogP contribution is 2.67. The molecule has 3 heteroatoms. The standard InChI is InChI=1S/C27H42O3/c1-17(6-5-7-18(2)25(29)30)22-10-11-23-21-9-8-19-16-20(28)12-14-26(19,3)24(21)13-15-27(22,23)4/h8,16-18,21-24,28H,5-7,9-15H2,1-4H3,(H,29,30)/t17-,18+,21+,22-,23+,24+,26+,27-/m1/s1. The monoisotopic (exact) mass is 414 g/mol. The van der Waals surface area contributed by atoms with Crippen LogP contribution in [0.15, 0.2) is 23.5 Å². The number of allylic oxidation sites excluding steroid dienone is 4. The number of carbonyl (C=O) groups is 1. The summed E-state index contributed by atoms with van der Waals surface area (Å²) in [6, 6.07) is 0. The number of rotatable bonds is 6. The van der Waals surface area contributed by atoms with Crippen LogP contribution >= 0.6 is 0 Å². The van der Waals surface area contributed by atoms with E-state index in [1.807, 2.05) is 6.92 Å². The molecule has 4 aliphatic rings. The highest BCUT2D eigenvalue weighted by molar-refractivity contribution is 5.69. The lowest BCUT2D eigenvalue weighted by Gasteiger charge is -2.57. The van der Waals surface area contributed by atoms with E-state index in [1.165, 1.54) is 44.1 Å². The molecule has 3 nitrogen and oxygen atoms in total. The first-order valence-corrected chi connectivity index (χ1v) is 12.5. The van der Waals surface area contributed by atoms with Gasteiger partial charge in [0.25, 0.3) is 0 Å². The van der Waals surface area contributed by atoms with Gasteiger partial charge >= 0.3 is 5.97 Å². The summed E-state index contributed by atoms with van der Waals surface area (Å²) >= 11 is 0. The van der Waals surface area contributed by atoms with Crippen molar-refractivity contribution >= 4 is 5.97 Å². The highest BCUT2D eigenvalue weighted by Gasteiger charge is 2.58. The number of aliphatic carboxylic acids is 1. The average molecular weight is 415 g/mol. The van der Waals surface area contributed by atoms with E-state index in [-0.39, 0.29) is 11.3 Å². The lowest BCUT2D eigenvalue weighted by molar-refractivity contribution is -0.141. The quantitative estimate of drug-likeness (QED) is 0.485. The number of aliphatic hydroxyl groups excluding tert-OH is 1. The fourth-order valence-electron chi connectivity index (χ4n) is 8.36. The predicted octanol–water partition coefficient (Wildman–Crippen LogP) is 7.14. The maximum atomic E-state index is 11.1. The van der Waals surface area contributed by atoms with Crippen molar-refractivity contribution in [1.82, 2.24) is 0 Å². The molecule has 0 unspecified atom stereocenters. The molecule has 168 valence electrons. The lowest BCUT2D eigenvalue weighted by Crippen LogP contribution is -2.49. The van der Waals surface area contributed by atoms with Crippen LogP contribution in [0.4, 0.5) is 0 Å². The number of aliphatic hydroxyl groups is 1. The Hall–Kier alpha value is -1.25. The smallest absolute Gasteiger partial charge is 0.306 e. The first kappa shape index (κ1) is 22.0. The molecule has 0 spiro atoms. The molecule has 30 heavy (non-hydrogen) atoms. The molecule has 4 rings (SSSR count). The topological polar surface area (TPSA) is 57.5 Å². The number of carboxylic acid groups (broad SMARTS) is 1. The van der Waals surface area contributed by atoms with Gasteiger partial charge in [0, 0.05) is 6.42 Å². The molecule has 2 fully saturated rings. The summed E-state index contributed by atoms with van der Waals surface area (Å²) in [7, 11) is 0. The van der Waals surface area contributed by atoms with Gasteiger partial charge in [0.15, 0.2) is 0 Å². The van der Waals surface area contributed by atoms with E-state index >= 15 is 0 Å². The van der Waals surface area contributed by atoms with E-state index in [9.17, 15) is 9.90 Å². The minimum atomic E-state index is -0.655. The molecule has 2 N–H and O–H groups in total. The normalized spacial score (nSPS) is 42.3. The Labute approximate surface area is 183 Å². The Morgan fingerprint density at radius 2 is 1.90 bits per heavy atom. The van der Waals surface area contributed by atoms with E-state index in [2.05, 4.69) is 32.9 Å². The van der Waals surface area contributed by atoms with Crippen LogP contribution in [0.25, 0.3) is 0 Å². The minimum absolute atomic E-state index is 0.215. The van der Waals surface area contributed by atoms with Crippen molar-refractivity contribution in [1.29, 1.82) is 0 Å². The van der Waals surface area contributed by atoms with Gasteiger partial charge in [-0.2, -0.15) is 0 Å². The fraction of sp³-hybridized carbons (Fsp3) is 0.815. The molecular weight excluding hydrogens is 372 g/mol. The van der Waals surface area contributed by atoms with Crippen LogP contribution in [0.1, 0.15) is 91.9 Å². The molecule has 0 bridgehead atoms. The molecule has 4 aliphatic carbocycles. The highest BCUT2D eigenvalue weighted by atomic mass is 16.4. The minimum Gasteiger partial charge on any atom is -0.512 e. The number of hydrogen-bond acceptors (Lipinski definition) is 2. The molecule has 0 heterocycles. The Morgan fingerprint density at radius 1 is 1.13 bits per heavy atom. The Balaban J connectivity index is 1.46. The van der Waals surface area contributed by atoms with Crippen molar-refractivity contribution in [3.63, 3.8) is 0 Å². The summed E-state index contributed by atoms with van der Waals surface area (Å²) in [6.45, 7) is 9.34. The van der Waals surface area contributed by atoms with Crippen molar-refractivity contribution in [2.45, 2.75) is 91.9 Å². The van der Waals surface area contributed by atoms with E-state index in [4.69, 9.17) is 5.11 Å². The van der Waals surface area contributed by atoms with E-state index in [1.54, 1.807) is 0 Å². The zero-order valence-electron chi connectivity index (χ0n) is 19.5. The molecule has 0 aromatic heterocycles. The third-order valence-corrected chi connectivity index (χ3v) is 10.2. The fourth-order valence-corrected chi connectivity index (χ4v) is 8.36. The Bertz CT molecular complexity index is 736. The molecule has 0 saturated heterocycles. The van der Waals surface area contributed by atoms with Gasteiger partial charge in [-0.25, -0.2) is 0 Å². The Kier molecular flexibility index (Phi) is 5.87.